The van der Waals surface area contributed by atoms with Crippen LogP contribution in [-0.4, -0.2) is 34.8 Å². The Bertz CT molecular complexity index is 498. The lowest BCUT2D eigenvalue weighted by Crippen LogP contribution is -2.56. The molecule has 2 rings (SSSR count). The third kappa shape index (κ3) is 3.46. The minimum Gasteiger partial charge on any atom is -0.469 e. The summed E-state index contributed by atoms with van der Waals surface area (Å²) in [7, 11) is 0. The minimum atomic E-state index is -0.785. The van der Waals surface area contributed by atoms with Crippen molar-refractivity contribution >= 4 is 11.8 Å². The van der Waals surface area contributed by atoms with Crippen molar-refractivity contribution in [2.24, 2.45) is 0 Å². The van der Waals surface area contributed by atoms with Crippen LogP contribution in [0.3, 0.4) is 0 Å². The summed E-state index contributed by atoms with van der Waals surface area (Å²) in [5.74, 6) is 0.896. The van der Waals surface area contributed by atoms with Crippen LogP contribution in [0.5, 0.6) is 0 Å². The van der Waals surface area contributed by atoms with Gasteiger partial charge in [0.2, 0.25) is 11.8 Å². The van der Waals surface area contributed by atoms with Crippen molar-refractivity contribution in [1.82, 2.24) is 10.2 Å². The molecular weight excluding hydrogens is 268 g/mol. The fourth-order valence-electron chi connectivity index (χ4n) is 2.69. The zero-order chi connectivity index (χ0) is 15.5. The highest BCUT2D eigenvalue weighted by atomic mass is 16.3. The molecule has 21 heavy (non-hydrogen) atoms. The summed E-state index contributed by atoms with van der Waals surface area (Å²) in [6.45, 7) is 6.26. The highest BCUT2D eigenvalue weighted by Gasteiger charge is 2.40. The monoisotopic (exact) mass is 292 g/mol. The molecule has 1 aliphatic rings. The molecule has 1 aromatic rings. The Morgan fingerprint density at radius 1 is 1.48 bits per heavy atom. The Hall–Kier alpha value is -1.78. The Morgan fingerprint density at radius 2 is 2.24 bits per heavy atom. The molecule has 1 aliphatic heterocycles. The smallest absolute Gasteiger partial charge is 0.248 e. The molecule has 116 valence electrons. The lowest BCUT2D eigenvalue weighted by atomic mass is 9.96. The van der Waals surface area contributed by atoms with Gasteiger partial charge < -0.3 is 14.6 Å². The topological polar surface area (TPSA) is 62.6 Å². The average Bonchev–Trinajstić information content (AvgIpc) is 2.94. The largest absolute Gasteiger partial charge is 0.469 e. The Kier molecular flexibility index (Phi) is 4.70. The molecule has 0 aromatic carbocycles. The van der Waals surface area contributed by atoms with Gasteiger partial charge >= 0.3 is 0 Å². The lowest BCUT2D eigenvalue weighted by Gasteiger charge is -2.34. The van der Waals surface area contributed by atoms with Gasteiger partial charge in [0.05, 0.1) is 6.26 Å². The van der Waals surface area contributed by atoms with Crippen LogP contribution < -0.4 is 5.32 Å². The van der Waals surface area contributed by atoms with Gasteiger partial charge in [-0.3, -0.25) is 9.59 Å². The number of carbonyl (C=O) groups excluding carboxylic acids is 2. The van der Waals surface area contributed by atoms with Gasteiger partial charge in [-0.15, -0.1) is 0 Å². The van der Waals surface area contributed by atoms with E-state index in [1.807, 2.05) is 37.8 Å². The summed E-state index contributed by atoms with van der Waals surface area (Å²) in [4.78, 5) is 26.4. The first kappa shape index (κ1) is 15.6. The Morgan fingerprint density at radius 3 is 2.86 bits per heavy atom. The second-order valence-electron chi connectivity index (χ2n) is 5.95. The second kappa shape index (κ2) is 6.33. The van der Waals surface area contributed by atoms with E-state index in [1.54, 1.807) is 6.26 Å². The summed E-state index contributed by atoms with van der Waals surface area (Å²) >= 11 is 0. The average molecular weight is 292 g/mol. The second-order valence-corrected chi connectivity index (χ2v) is 5.95. The summed E-state index contributed by atoms with van der Waals surface area (Å²) in [6, 6.07) is 3.90. The van der Waals surface area contributed by atoms with Crippen LogP contribution in [0, 0.1) is 0 Å². The van der Waals surface area contributed by atoms with Crippen LogP contribution in [0.4, 0.5) is 0 Å². The van der Waals surface area contributed by atoms with Crippen LogP contribution in [-0.2, 0) is 16.0 Å². The fourth-order valence-corrected chi connectivity index (χ4v) is 2.69. The number of hydrogen-bond donors (Lipinski definition) is 1. The van der Waals surface area contributed by atoms with E-state index in [0.717, 1.165) is 18.6 Å². The molecule has 0 bridgehead atoms. The number of carbonyl (C=O) groups is 2. The quantitative estimate of drug-likeness (QED) is 0.904. The van der Waals surface area contributed by atoms with Crippen molar-refractivity contribution in [3.05, 3.63) is 24.2 Å². The van der Waals surface area contributed by atoms with E-state index < -0.39 is 5.54 Å². The van der Waals surface area contributed by atoms with E-state index in [0.29, 0.717) is 19.4 Å². The van der Waals surface area contributed by atoms with Crippen LogP contribution >= 0.6 is 0 Å². The van der Waals surface area contributed by atoms with E-state index in [2.05, 4.69) is 5.32 Å². The minimum absolute atomic E-state index is 0.0165. The fraction of sp³-hybridized carbons (Fsp3) is 0.625. The van der Waals surface area contributed by atoms with Gasteiger partial charge in [-0.05, 0) is 38.8 Å². The van der Waals surface area contributed by atoms with Crippen molar-refractivity contribution in [1.29, 1.82) is 0 Å². The first-order valence-electron chi connectivity index (χ1n) is 7.60. The van der Waals surface area contributed by atoms with Crippen molar-refractivity contribution in [2.45, 2.75) is 58.0 Å². The number of nitrogens with one attached hydrogen (secondary N) is 1. The van der Waals surface area contributed by atoms with Gasteiger partial charge in [0.25, 0.3) is 0 Å². The van der Waals surface area contributed by atoms with Crippen molar-refractivity contribution in [2.75, 3.05) is 6.54 Å². The van der Waals surface area contributed by atoms with Crippen LogP contribution in [0.25, 0.3) is 0 Å². The zero-order valence-electron chi connectivity index (χ0n) is 13.0. The van der Waals surface area contributed by atoms with Gasteiger partial charge in [-0.2, -0.15) is 0 Å². The van der Waals surface area contributed by atoms with Crippen molar-refractivity contribution < 1.29 is 14.0 Å². The third-order valence-corrected chi connectivity index (χ3v) is 4.36. The Balaban J connectivity index is 2.05. The van der Waals surface area contributed by atoms with Crippen LogP contribution in [0.1, 0.15) is 45.8 Å². The highest BCUT2D eigenvalue weighted by molar-refractivity contribution is 5.93. The molecule has 1 fully saturated rings. The molecule has 0 saturated carbocycles. The molecule has 2 unspecified atom stereocenters. The number of nitrogens with zero attached hydrogens (tertiary/aromatic N) is 1. The van der Waals surface area contributed by atoms with Gasteiger partial charge in [-0.1, -0.05) is 6.92 Å². The number of amides is 2. The first-order chi connectivity index (χ1) is 9.96. The summed E-state index contributed by atoms with van der Waals surface area (Å²) in [6.07, 6.45) is 4.24. The molecule has 5 heteroatoms. The van der Waals surface area contributed by atoms with Crippen molar-refractivity contribution in [3.63, 3.8) is 0 Å². The van der Waals surface area contributed by atoms with Gasteiger partial charge in [-0.25, -0.2) is 0 Å². The molecule has 2 heterocycles. The Labute approximate surface area is 125 Å². The van der Waals surface area contributed by atoms with E-state index in [9.17, 15) is 9.59 Å². The van der Waals surface area contributed by atoms with E-state index in [1.165, 1.54) is 0 Å². The van der Waals surface area contributed by atoms with Gasteiger partial charge in [0.1, 0.15) is 11.3 Å². The standard InChI is InChI=1S/C16H24N2O3/c1-4-16(3)15(20)18(10-9-14(19)17-16)12(2)7-8-13-6-5-11-21-13/h5-6,11-12H,4,7-10H2,1-3H3,(H,17,19). The van der Waals surface area contributed by atoms with Crippen molar-refractivity contribution in [3.8, 4) is 0 Å². The highest BCUT2D eigenvalue weighted by Crippen LogP contribution is 2.21. The summed E-state index contributed by atoms with van der Waals surface area (Å²) < 4.78 is 5.33. The number of rotatable bonds is 5. The molecule has 2 atom stereocenters. The molecule has 5 nitrogen and oxygen atoms in total. The van der Waals surface area contributed by atoms with Gasteiger partial charge in [0, 0.05) is 25.4 Å². The lowest BCUT2D eigenvalue weighted by molar-refractivity contribution is -0.140. The third-order valence-electron chi connectivity index (χ3n) is 4.36. The van der Waals surface area contributed by atoms with Crippen LogP contribution in [0.2, 0.25) is 0 Å². The number of aryl methyl sites for hydroxylation is 1. The maximum absolute atomic E-state index is 12.7. The number of hydrogen-bond acceptors (Lipinski definition) is 3. The molecule has 1 N–H and O–H groups in total. The van der Waals surface area contributed by atoms with E-state index in [4.69, 9.17) is 4.42 Å². The molecule has 1 saturated heterocycles. The predicted molar refractivity (Wildman–Crippen MR) is 79.7 cm³/mol. The SMILES string of the molecule is CCC1(C)NC(=O)CCN(C(C)CCc2ccco2)C1=O. The molecule has 0 radical (unpaired) electrons. The summed E-state index contributed by atoms with van der Waals surface area (Å²) in [5.41, 5.74) is -0.785. The number of furan rings is 1. The zero-order valence-corrected chi connectivity index (χ0v) is 13.0. The summed E-state index contributed by atoms with van der Waals surface area (Å²) in [5, 5.41) is 2.86. The van der Waals surface area contributed by atoms with E-state index >= 15 is 0 Å². The maximum atomic E-state index is 12.7. The maximum Gasteiger partial charge on any atom is 0.248 e. The predicted octanol–water partition coefficient (Wildman–Crippen LogP) is 2.12. The molecule has 2 amide bonds. The molecule has 0 spiro atoms. The molecule has 1 aromatic heterocycles. The van der Waals surface area contributed by atoms with Gasteiger partial charge in [0.15, 0.2) is 0 Å². The molecule has 0 aliphatic carbocycles. The van der Waals surface area contributed by atoms with E-state index in [-0.39, 0.29) is 17.9 Å². The molecular formula is C16H24N2O3. The first-order valence-corrected chi connectivity index (χ1v) is 7.60. The normalized spacial score (nSPS) is 24.6. The van der Waals surface area contributed by atoms with Crippen LogP contribution in [0.15, 0.2) is 22.8 Å².